The van der Waals surface area contributed by atoms with E-state index in [1.807, 2.05) is 0 Å². The van der Waals surface area contributed by atoms with Gasteiger partial charge in [0.25, 0.3) is 0 Å². The number of nitrogens with zero attached hydrogens (tertiary/aromatic N) is 4. The summed E-state index contributed by atoms with van der Waals surface area (Å²) in [5, 5.41) is 9.58. The van der Waals surface area contributed by atoms with Crippen LogP contribution in [-0.4, -0.2) is 60.6 Å². The molecular formula is C9H17N5O3. The zero-order chi connectivity index (χ0) is 12.8. The van der Waals surface area contributed by atoms with Gasteiger partial charge in [0.2, 0.25) is 11.9 Å². The number of anilines is 2. The standard InChI is InChI=1S/C9H17N5O3/c1-14(4-6(15)5-16-2)8-11-7(10)12-9(13-8)17-3/h6,15H,4-5H2,1-3H3,(H2,10,11,12,13). The lowest BCUT2D eigenvalue weighted by atomic mass is 10.3. The van der Waals surface area contributed by atoms with Crippen molar-refractivity contribution in [3.05, 3.63) is 0 Å². The Labute approximate surface area is 99.4 Å². The molecule has 0 spiro atoms. The number of aliphatic hydroxyl groups excluding tert-OH is 1. The summed E-state index contributed by atoms with van der Waals surface area (Å²) in [5.74, 6) is 0.407. The zero-order valence-corrected chi connectivity index (χ0v) is 10.1. The van der Waals surface area contributed by atoms with E-state index in [1.165, 1.54) is 14.2 Å². The number of nitrogen functional groups attached to an aromatic ring is 1. The van der Waals surface area contributed by atoms with Gasteiger partial charge in [-0.1, -0.05) is 0 Å². The molecule has 1 rings (SSSR count). The molecule has 8 nitrogen and oxygen atoms in total. The average molecular weight is 243 g/mol. The van der Waals surface area contributed by atoms with Crippen LogP contribution < -0.4 is 15.4 Å². The molecule has 0 fully saturated rings. The number of hydrogen-bond acceptors (Lipinski definition) is 8. The molecule has 1 atom stereocenters. The molecule has 0 radical (unpaired) electrons. The average Bonchev–Trinajstić information content (AvgIpc) is 2.28. The van der Waals surface area contributed by atoms with Crippen LogP contribution in [0.15, 0.2) is 0 Å². The Morgan fingerprint density at radius 2 is 2.06 bits per heavy atom. The van der Waals surface area contributed by atoms with E-state index in [2.05, 4.69) is 15.0 Å². The van der Waals surface area contributed by atoms with E-state index in [0.717, 1.165) is 0 Å². The molecule has 3 N–H and O–H groups in total. The number of nitrogens with two attached hydrogens (primary N) is 1. The van der Waals surface area contributed by atoms with Gasteiger partial charge in [0.05, 0.1) is 19.8 Å². The molecule has 1 aromatic rings. The number of hydrogen-bond donors (Lipinski definition) is 2. The van der Waals surface area contributed by atoms with E-state index in [-0.39, 0.29) is 18.6 Å². The molecule has 96 valence electrons. The van der Waals surface area contributed by atoms with Crippen LogP contribution >= 0.6 is 0 Å². The summed E-state index contributed by atoms with van der Waals surface area (Å²) in [6.45, 7) is 0.558. The molecule has 0 aliphatic carbocycles. The number of aromatic nitrogens is 3. The van der Waals surface area contributed by atoms with Crippen molar-refractivity contribution in [2.75, 3.05) is 45.1 Å². The fourth-order valence-electron chi connectivity index (χ4n) is 1.27. The number of ether oxygens (including phenoxy) is 2. The predicted octanol–water partition coefficient (Wildman–Crippen LogP) is -1.09. The molecule has 17 heavy (non-hydrogen) atoms. The lowest BCUT2D eigenvalue weighted by molar-refractivity contribution is 0.0693. The minimum atomic E-state index is -0.631. The monoisotopic (exact) mass is 243 g/mol. The fourth-order valence-corrected chi connectivity index (χ4v) is 1.27. The molecule has 1 aromatic heterocycles. The van der Waals surface area contributed by atoms with Crippen molar-refractivity contribution < 1.29 is 14.6 Å². The first kappa shape index (κ1) is 13.4. The van der Waals surface area contributed by atoms with E-state index < -0.39 is 6.10 Å². The highest BCUT2D eigenvalue weighted by molar-refractivity contribution is 5.35. The summed E-state index contributed by atoms with van der Waals surface area (Å²) in [6.07, 6.45) is -0.631. The number of aliphatic hydroxyl groups is 1. The summed E-state index contributed by atoms with van der Waals surface area (Å²) in [4.78, 5) is 13.4. The molecule has 0 aromatic carbocycles. The van der Waals surface area contributed by atoms with Gasteiger partial charge in [0, 0.05) is 20.7 Å². The van der Waals surface area contributed by atoms with E-state index in [1.54, 1.807) is 11.9 Å². The third-order valence-corrected chi connectivity index (χ3v) is 1.99. The van der Waals surface area contributed by atoms with Gasteiger partial charge in [0.1, 0.15) is 0 Å². The van der Waals surface area contributed by atoms with Gasteiger partial charge in [0.15, 0.2) is 0 Å². The molecule has 0 amide bonds. The second kappa shape index (κ2) is 6.16. The first-order chi connectivity index (χ1) is 8.06. The van der Waals surface area contributed by atoms with Gasteiger partial charge in [-0.25, -0.2) is 0 Å². The number of rotatable bonds is 6. The van der Waals surface area contributed by atoms with Crippen LogP contribution in [0.5, 0.6) is 6.01 Å². The van der Waals surface area contributed by atoms with Gasteiger partial charge in [-0.2, -0.15) is 15.0 Å². The third-order valence-electron chi connectivity index (χ3n) is 1.99. The van der Waals surface area contributed by atoms with Crippen LogP contribution in [0.25, 0.3) is 0 Å². The normalized spacial score (nSPS) is 12.2. The maximum absolute atomic E-state index is 9.58. The van der Waals surface area contributed by atoms with Gasteiger partial charge in [-0.15, -0.1) is 0 Å². The highest BCUT2D eigenvalue weighted by Crippen LogP contribution is 2.11. The maximum Gasteiger partial charge on any atom is 0.322 e. The molecule has 1 unspecified atom stereocenters. The lowest BCUT2D eigenvalue weighted by Gasteiger charge is -2.20. The topological polar surface area (TPSA) is 107 Å². The van der Waals surface area contributed by atoms with Crippen LogP contribution in [0.2, 0.25) is 0 Å². The second-order valence-electron chi connectivity index (χ2n) is 3.47. The van der Waals surface area contributed by atoms with Crippen LogP contribution in [0, 0.1) is 0 Å². The fraction of sp³-hybridized carbons (Fsp3) is 0.667. The quantitative estimate of drug-likeness (QED) is 0.648. The first-order valence-corrected chi connectivity index (χ1v) is 5.00. The van der Waals surface area contributed by atoms with Crippen LogP contribution in [0.3, 0.4) is 0 Å². The van der Waals surface area contributed by atoms with Gasteiger partial charge in [-0.05, 0) is 0 Å². The van der Waals surface area contributed by atoms with E-state index in [9.17, 15) is 5.11 Å². The Bertz CT molecular complexity index is 362. The maximum atomic E-state index is 9.58. The summed E-state index contributed by atoms with van der Waals surface area (Å²) in [5.41, 5.74) is 5.51. The van der Waals surface area contributed by atoms with Crippen molar-refractivity contribution in [3.8, 4) is 6.01 Å². The summed E-state index contributed by atoms with van der Waals surface area (Å²) in [6, 6.07) is 0.139. The Morgan fingerprint density at radius 3 is 2.65 bits per heavy atom. The SMILES string of the molecule is COCC(O)CN(C)c1nc(N)nc(OC)n1. The Morgan fingerprint density at radius 1 is 1.35 bits per heavy atom. The molecule has 0 saturated carbocycles. The smallest absolute Gasteiger partial charge is 0.322 e. The molecule has 8 heteroatoms. The van der Waals surface area contributed by atoms with Crippen molar-refractivity contribution >= 4 is 11.9 Å². The van der Waals surface area contributed by atoms with Crippen molar-refractivity contribution in [3.63, 3.8) is 0 Å². The summed E-state index contributed by atoms with van der Waals surface area (Å²) >= 11 is 0. The van der Waals surface area contributed by atoms with Crippen molar-refractivity contribution in [1.82, 2.24) is 15.0 Å². The van der Waals surface area contributed by atoms with Crippen LogP contribution in [0.1, 0.15) is 0 Å². The number of methoxy groups -OCH3 is 2. The largest absolute Gasteiger partial charge is 0.467 e. The van der Waals surface area contributed by atoms with Gasteiger partial charge in [-0.3, -0.25) is 0 Å². The summed E-state index contributed by atoms with van der Waals surface area (Å²) < 4.78 is 9.71. The van der Waals surface area contributed by atoms with E-state index in [0.29, 0.717) is 12.5 Å². The predicted molar refractivity (Wildman–Crippen MR) is 61.9 cm³/mol. The van der Waals surface area contributed by atoms with Crippen molar-refractivity contribution in [1.29, 1.82) is 0 Å². The minimum Gasteiger partial charge on any atom is -0.467 e. The Balaban J connectivity index is 2.74. The van der Waals surface area contributed by atoms with Crippen LogP contribution in [0.4, 0.5) is 11.9 Å². The van der Waals surface area contributed by atoms with Crippen LogP contribution in [-0.2, 0) is 4.74 Å². The third kappa shape index (κ3) is 4.00. The molecule has 0 aliphatic rings. The zero-order valence-electron chi connectivity index (χ0n) is 10.1. The van der Waals surface area contributed by atoms with E-state index in [4.69, 9.17) is 15.2 Å². The number of likely N-dealkylation sites (N-methyl/N-ethyl adjacent to an activating group) is 1. The molecule has 1 heterocycles. The van der Waals surface area contributed by atoms with Gasteiger partial charge < -0.3 is 25.2 Å². The Kier molecular flexibility index (Phi) is 4.85. The van der Waals surface area contributed by atoms with Gasteiger partial charge >= 0.3 is 6.01 Å². The first-order valence-electron chi connectivity index (χ1n) is 5.00. The molecule has 0 aliphatic heterocycles. The van der Waals surface area contributed by atoms with Crippen molar-refractivity contribution in [2.45, 2.75) is 6.10 Å². The lowest BCUT2D eigenvalue weighted by Crippen LogP contribution is -2.33. The molecule has 0 bridgehead atoms. The second-order valence-corrected chi connectivity index (χ2v) is 3.47. The van der Waals surface area contributed by atoms with E-state index >= 15 is 0 Å². The summed E-state index contributed by atoms with van der Waals surface area (Å²) in [7, 11) is 4.69. The van der Waals surface area contributed by atoms with Crippen molar-refractivity contribution in [2.24, 2.45) is 0 Å². The highest BCUT2D eigenvalue weighted by Gasteiger charge is 2.13. The molecular weight excluding hydrogens is 226 g/mol. The minimum absolute atomic E-state index is 0.0694. The molecule has 0 saturated heterocycles. The highest BCUT2D eigenvalue weighted by atomic mass is 16.5. The Hall–Kier alpha value is -1.67.